The molecule has 4 aliphatic rings. The Bertz CT molecular complexity index is 1710. The predicted octanol–water partition coefficient (Wildman–Crippen LogP) is 7.92. The number of benzene rings is 4. The maximum Gasteiger partial charge on any atom is -1.00 e. The second-order valence-electron chi connectivity index (χ2n) is 15.4. The number of hydrogen-bond acceptors (Lipinski definition) is 0. The van der Waals surface area contributed by atoms with Gasteiger partial charge >= 0.3 is 289 Å². The number of rotatable bonds is 10. The molecule has 4 unspecified atom stereocenters. The Morgan fingerprint density at radius 1 is 0.551 bits per heavy atom. The molecule has 1 saturated heterocycles. The van der Waals surface area contributed by atoms with E-state index < -0.39 is 16.6 Å². The molecule has 0 aromatic heterocycles. The van der Waals surface area contributed by atoms with Crippen LogP contribution in [0.15, 0.2) is 96.1 Å². The van der Waals surface area contributed by atoms with E-state index in [1.165, 1.54) is 97.6 Å². The third-order valence-corrected chi connectivity index (χ3v) is 23.4. The molecule has 4 aromatic carbocycles. The second-order valence-corrected chi connectivity index (χ2v) is 22.6. The average Bonchev–Trinajstić information content (AvgIpc) is 3.37. The van der Waals surface area contributed by atoms with Crippen molar-refractivity contribution in [3.05, 3.63) is 129 Å². The summed E-state index contributed by atoms with van der Waals surface area (Å²) in [6.45, 7) is 9.18. The summed E-state index contributed by atoms with van der Waals surface area (Å²) < 4.78 is 3.38. The molecule has 8 rings (SSSR count). The maximum absolute atomic E-state index is 2.73. The van der Waals surface area contributed by atoms with E-state index in [4.69, 9.17) is 0 Å². The van der Waals surface area contributed by atoms with Gasteiger partial charge in [-0.05, 0) is 0 Å². The Labute approximate surface area is 312 Å². The van der Waals surface area contributed by atoms with Crippen LogP contribution in [0.3, 0.4) is 0 Å². The van der Waals surface area contributed by atoms with Crippen molar-refractivity contribution in [1.82, 2.24) is 0 Å². The van der Waals surface area contributed by atoms with Crippen LogP contribution in [0, 0.1) is 13.8 Å². The molecule has 0 N–H and O–H groups in total. The van der Waals surface area contributed by atoms with Crippen LogP contribution in [0.4, 0.5) is 0 Å². The van der Waals surface area contributed by atoms with Gasteiger partial charge < -0.3 is 24.8 Å². The molecular formula is C46H52Cl2Ti. The van der Waals surface area contributed by atoms with Crippen LogP contribution >= 0.6 is 0 Å². The molecule has 3 heteroatoms. The minimum atomic E-state index is -2.68. The fourth-order valence-electron chi connectivity index (χ4n) is 10.5. The van der Waals surface area contributed by atoms with Gasteiger partial charge in [0.25, 0.3) is 0 Å². The number of unbranched alkanes of at least 4 members (excludes halogenated alkanes) is 2. The van der Waals surface area contributed by atoms with Gasteiger partial charge in [-0.25, -0.2) is 0 Å². The summed E-state index contributed by atoms with van der Waals surface area (Å²) in [6.07, 6.45) is 19.0. The molecule has 0 spiro atoms. The molecule has 3 aliphatic carbocycles. The first-order valence-corrected chi connectivity index (χ1v) is 22.5. The van der Waals surface area contributed by atoms with Gasteiger partial charge in [0, 0.05) is 0 Å². The largest absolute Gasteiger partial charge is 1.00 e. The third kappa shape index (κ3) is 6.18. The summed E-state index contributed by atoms with van der Waals surface area (Å²) in [6, 6.07) is 33.4. The average molecular weight is 724 g/mol. The van der Waals surface area contributed by atoms with Gasteiger partial charge in [-0.3, -0.25) is 0 Å². The summed E-state index contributed by atoms with van der Waals surface area (Å²) in [7, 11) is 0. The third-order valence-electron chi connectivity index (χ3n) is 12.6. The van der Waals surface area contributed by atoms with Gasteiger partial charge in [-0.15, -0.1) is 0 Å². The molecule has 1 heterocycles. The van der Waals surface area contributed by atoms with Gasteiger partial charge in [0.2, 0.25) is 0 Å². The van der Waals surface area contributed by atoms with Gasteiger partial charge in [-0.1, -0.05) is 0 Å². The van der Waals surface area contributed by atoms with Crippen molar-refractivity contribution in [3.8, 4) is 22.3 Å². The Hall–Kier alpha value is -2.35. The van der Waals surface area contributed by atoms with Crippen LogP contribution in [0.5, 0.6) is 0 Å². The first-order chi connectivity index (χ1) is 23.1. The van der Waals surface area contributed by atoms with Crippen LogP contribution in [0.25, 0.3) is 34.4 Å². The molecule has 1 aliphatic heterocycles. The number of fused-ring (bicyclic) bond motifs is 3. The zero-order chi connectivity index (χ0) is 32.1. The van der Waals surface area contributed by atoms with Crippen LogP contribution in [0.1, 0.15) is 120 Å². The normalized spacial score (nSPS) is 23.2. The Morgan fingerprint density at radius 3 is 1.35 bits per heavy atom. The van der Waals surface area contributed by atoms with Crippen molar-refractivity contribution >= 4 is 12.2 Å². The Kier molecular flexibility index (Phi) is 11.2. The number of hydrogen-bond donors (Lipinski definition) is 0. The summed E-state index contributed by atoms with van der Waals surface area (Å²) in [5.74, 6) is 0. The van der Waals surface area contributed by atoms with Crippen molar-refractivity contribution in [2.75, 3.05) is 0 Å². The quantitative estimate of drug-likeness (QED) is 0.146. The van der Waals surface area contributed by atoms with E-state index >= 15 is 0 Å². The van der Waals surface area contributed by atoms with E-state index in [-0.39, 0.29) is 24.8 Å². The van der Waals surface area contributed by atoms with Crippen LogP contribution in [-0.2, 0) is 16.6 Å². The topological polar surface area (TPSA) is 0 Å². The van der Waals surface area contributed by atoms with E-state index in [0.717, 1.165) is 8.45 Å². The Morgan fingerprint density at radius 2 is 0.959 bits per heavy atom. The van der Waals surface area contributed by atoms with Crippen molar-refractivity contribution in [3.63, 3.8) is 0 Å². The first kappa shape index (κ1) is 36.4. The van der Waals surface area contributed by atoms with E-state index in [0.29, 0.717) is 8.45 Å². The molecule has 4 atom stereocenters. The van der Waals surface area contributed by atoms with Crippen LogP contribution < -0.4 is 24.8 Å². The number of allylic oxidation sites excluding steroid dienone is 2. The summed E-state index contributed by atoms with van der Waals surface area (Å²) in [5, 5.41) is 0. The monoisotopic (exact) mass is 722 g/mol. The molecule has 254 valence electrons. The molecule has 0 amide bonds. The summed E-state index contributed by atoms with van der Waals surface area (Å²) >= 11 is -2.68. The summed E-state index contributed by atoms with van der Waals surface area (Å²) in [4.78, 5) is 0. The Balaban J connectivity index is 0.00000208. The fraction of sp³-hybridized carbons (Fsp3) is 0.391. The SMILES string of the molecule is CCCCC1=Cc2c(-c3ccc(C)cc3)cccc2[CH]1[Ti+2]1([CH]2C(CCCC)=Cc3c(-c4ccc(C)cc4)cccc32)[CH]2CCCC[CH]21.[Cl-].[Cl-]. The molecule has 0 radical (unpaired) electrons. The van der Waals surface area contributed by atoms with Crippen LogP contribution in [0.2, 0.25) is 8.45 Å². The van der Waals surface area contributed by atoms with E-state index in [2.05, 4.69) is 125 Å². The molecule has 0 nitrogen and oxygen atoms in total. The molecular weight excluding hydrogens is 671 g/mol. The number of halogens is 2. The fourth-order valence-corrected chi connectivity index (χ4v) is 24.7. The second kappa shape index (κ2) is 15.1. The molecule has 0 bridgehead atoms. The van der Waals surface area contributed by atoms with Crippen molar-refractivity contribution < 1.29 is 41.4 Å². The number of aryl methyl sites for hydroxylation is 2. The molecule has 1 saturated carbocycles. The minimum Gasteiger partial charge on any atom is -1.00 e. The molecule has 2 fully saturated rings. The van der Waals surface area contributed by atoms with Gasteiger partial charge in [-0.2, -0.15) is 0 Å². The zero-order valence-electron chi connectivity index (χ0n) is 29.9. The van der Waals surface area contributed by atoms with Crippen molar-refractivity contribution in [2.24, 2.45) is 0 Å². The molecule has 4 aromatic rings. The van der Waals surface area contributed by atoms with Gasteiger partial charge in [0.1, 0.15) is 0 Å². The summed E-state index contributed by atoms with van der Waals surface area (Å²) in [5.41, 5.74) is 18.5. The maximum atomic E-state index is 2.73. The zero-order valence-corrected chi connectivity index (χ0v) is 32.9. The minimum absolute atomic E-state index is 0. The van der Waals surface area contributed by atoms with Gasteiger partial charge in [0.05, 0.1) is 0 Å². The predicted molar refractivity (Wildman–Crippen MR) is 200 cm³/mol. The van der Waals surface area contributed by atoms with E-state index in [9.17, 15) is 0 Å². The van der Waals surface area contributed by atoms with Gasteiger partial charge in [0.15, 0.2) is 0 Å². The van der Waals surface area contributed by atoms with Crippen molar-refractivity contribution in [2.45, 2.75) is 109 Å². The van der Waals surface area contributed by atoms with Crippen molar-refractivity contribution in [1.29, 1.82) is 0 Å². The smallest absolute Gasteiger partial charge is 1.00 e. The van der Waals surface area contributed by atoms with E-state index in [1.54, 1.807) is 22.3 Å². The first-order valence-electron chi connectivity index (χ1n) is 18.9. The molecule has 49 heavy (non-hydrogen) atoms. The van der Waals surface area contributed by atoms with Crippen LogP contribution in [-0.4, -0.2) is 0 Å². The van der Waals surface area contributed by atoms with E-state index in [1.807, 2.05) is 11.1 Å². The standard InChI is InChI=1S/2C20H21.C6H10.2ClH.Ti/c2*1-3-4-6-16-13-18-7-5-8-19(20(18)14-16)17-11-9-15(2)10-12-17;1-2-4-6-5-3-1;;;/h2*5,7-14H,3-4,6H2,1-2H3;1-2H,3-6H2;2*1H;/q;;;;;+2/p-2.